The maximum absolute atomic E-state index is 5.58. The lowest BCUT2D eigenvalue weighted by Gasteiger charge is -1.98. The lowest BCUT2D eigenvalue weighted by molar-refractivity contribution is 0.473. The van der Waals surface area contributed by atoms with E-state index in [4.69, 9.17) is 8.83 Å². The number of oxazole rings is 1. The van der Waals surface area contributed by atoms with Crippen molar-refractivity contribution in [3.8, 4) is 11.5 Å². The molecule has 2 rings (SSSR count). The van der Waals surface area contributed by atoms with Crippen LogP contribution in [0, 0.1) is 0 Å². The predicted molar refractivity (Wildman–Crippen MR) is 61.1 cm³/mol. The van der Waals surface area contributed by atoms with Gasteiger partial charge < -0.3 is 14.2 Å². The molecule has 0 aliphatic rings. The molecular weight excluding hydrogens is 204 g/mol. The zero-order valence-corrected chi connectivity index (χ0v) is 9.40. The van der Waals surface area contributed by atoms with Crippen molar-refractivity contribution in [3.63, 3.8) is 0 Å². The predicted octanol–water partition coefficient (Wildman–Crippen LogP) is 2.48. The second-order valence-electron chi connectivity index (χ2n) is 3.55. The van der Waals surface area contributed by atoms with E-state index in [2.05, 4.69) is 17.2 Å². The zero-order valence-electron chi connectivity index (χ0n) is 9.40. The number of aryl methyl sites for hydroxylation is 1. The Morgan fingerprint density at radius 3 is 3.06 bits per heavy atom. The van der Waals surface area contributed by atoms with Crippen molar-refractivity contribution in [2.24, 2.45) is 0 Å². The summed E-state index contributed by atoms with van der Waals surface area (Å²) in [5.41, 5.74) is 0. The summed E-state index contributed by atoms with van der Waals surface area (Å²) in [5, 5.41) is 3.26. The second kappa shape index (κ2) is 5.51. The summed E-state index contributed by atoms with van der Waals surface area (Å²) in [4.78, 5) is 4.22. The molecule has 0 fully saturated rings. The van der Waals surface area contributed by atoms with E-state index < -0.39 is 0 Å². The molecule has 0 radical (unpaired) electrons. The first-order valence-electron chi connectivity index (χ1n) is 5.59. The molecule has 2 heterocycles. The number of aromatic nitrogens is 1. The van der Waals surface area contributed by atoms with Crippen LogP contribution in [0.3, 0.4) is 0 Å². The van der Waals surface area contributed by atoms with Crippen LogP contribution in [0.5, 0.6) is 0 Å². The van der Waals surface area contributed by atoms with Gasteiger partial charge in [0.15, 0.2) is 17.4 Å². The number of rotatable bonds is 6. The van der Waals surface area contributed by atoms with E-state index in [1.54, 1.807) is 12.5 Å². The highest BCUT2D eigenvalue weighted by atomic mass is 16.4. The van der Waals surface area contributed by atoms with Gasteiger partial charge in [0.25, 0.3) is 0 Å². The van der Waals surface area contributed by atoms with E-state index in [0.717, 1.165) is 37.6 Å². The summed E-state index contributed by atoms with van der Waals surface area (Å²) >= 11 is 0. The first kappa shape index (κ1) is 11.0. The van der Waals surface area contributed by atoms with Gasteiger partial charge >= 0.3 is 0 Å². The van der Waals surface area contributed by atoms with Gasteiger partial charge in [0, 0.05) is 6.42 Å². The van der Waals surface area contributed by atoms with Crippen LogP contribution in [0.1, 0.15) is 19.2 Å². The Morgan fingerprint density at radius 1 is 1.38 bits per heavy atom. The van der Waals surface area contributed by atoms with E-state index in [1.807, 2.05) is 12.1 Å². The lowest BCUT2D eigenvalue weighted by Crippen LogP contribution is -2.14. The van der Waals surface area contributed by atoms with Gasteiger partial charge in [-0.15, -0.1) is 0 Å². The number of nitrogens with zero attached hydrogens (tertiary/aromatic N) is 1. The van der Waals surface area contributed by atoms with Crippen molar-refractivity contribution in [3.05, 3.63) is 30.5 Å². The van der Waals surface area contributed by atoms with Crippen LogP contribution in [-0.2, 0) is 6.42 Å². The van der Waals surface area contributed by atoms with Crippen LogP contribution < -0.4 is 5.32 Å². The maximum atomic E-state index is 5.58. The van der Waals surface area contributed by atoms with E-state index in [1.165, 1.54) is 0 Å². The third-order valence-electron chi connectivity index (χ3n) is 2.31. The summed E-state index contributed by atoms with van der Waals surface area (Å²) in [7, 11) is 0. The van der Waals surface area contributed by atoms with Crippen molar-refractivity contribution in [1.82, 2.24) is 10.3 Å². The summed E-state index contributed by atoms with van der Waals surface area (Å²) in [5.74, 6) is 2.19. The van der Waals surface area contributed by atoms with Crippen LogP contribution in [0.4, 0.5) is 0 Å². The third-order valence-corrected chi connectivity index (χ3v) is 2.31. The van der Waals surface area contributed by atoms with Crippen molar-refractivity contribution in [1.29, 1.82) is 0 Å². The maximum Gasteiger partial charge on any atom is 0.195 e. The molecule has 2 aromatic heterocycles. The van der Waals surface area contributed by atoms with Crippen LogP contribution in [0.15, 0.2) is 33.4 Å². The molecule has 0 spiro atoms. The molecule has 0 saturated heterocycles. The fraction of sp³-hybridized carbons (Fsp3) is 0.417. The minimum atomic E-state index is 0.698. The molecule has 0 unspecified atom stereocenters. The topological polar surface area (TPSA) is 51.2 Å². The largest absolute Gasteiger partial charge is 0.461 e. The normalized spacial score (nSPS) is 10.8. The monoisotopic (exact) mass is 220 g/mol. The smallest absolute Gasteiger partial charge is 0.195 e. The average molecular weight is 220 g/mol. The SMILES string of the molecule is CCNCCCc1ncc(-c2ccco2)o1. The van der Waals surface area contributed by atoms with Crippen molar-refractivity contribution in [2.75, 3.05) is 13.1 Å². The molecular formula is C12H16N2O2. The molecule has 0 saturated carbocycles. The standard InChI is InChI=1S/C12H16N2O2/c1-2-13-7-3-6-12-14-9-11(16-12)10-5-4-8-15-10/h4-5,8-9,13H,2-3,6-7H2,1H3. The average Bonchev–Trinajstić information content (AvgIpc) is 2.94. The van der Waals surface area contributed by atoms with E-state index >= 15 is 0 Å². The molecule has 0 aliphatic carbocycles. The van der Waals surface area contributed by atoms with Gasteiger partial charge in [-0.1, -0.05) is 6.92 Å². The van der Waals surface area contributed by atoms with Crippen molar-refractivity contribution in [2.45, 2.75) is 19.8 Å². The van der Waals surface area contributed by atoms with Gasteiger partial charge in [-0.25, -0.2) is 4.98 Å². The van der Waals surface area contributed by atoms with Gasteiger partial charge in [0.1, 0.15) is 0 Å². The highest BCUT2D eigenvalue weighted by molar-refractivity contribution is 5.47. The molecule has 16 heavy (non-hydrogen) atoms. The Hall–Kier alpha value is -1.55. The molecule has 0 bridgehead atoms. The lowest BCUT2D eigenvalue weighted by atomic mass is 10.3. The number of furan rings is 1. The Kier molecular flexibility index (Phi) is 3.77. The molecule has 1 N–H and O–H groups in total. The highest BCUT2D eigenvalue weighted by Crippen LogP contribution is 2.20. The van der Waals surface area contributed by atoms with Gasteiger partial charge in [-0.2, -0.15) is 0 Å². The van der Waals surface area contributed by atoms with Crippen molar-refractivity contribution < 1.29 is 8.83 Å². The number of hydrogen-bond donors (Lipinski definition) is 1. The van der Waals surface area contributed by atoms with Crippen LogP contribution in [0.25, 0.3) is 11.5 Å². The Bertz CT molecular complexity index is 406. The fourth-order valence-corrected chi connectivity index (χ4v) is 1.50. The molecule has 4 nitrogen and oxygen atoms in total. The van der Waals surface area contributed by atoms with Crippen LogP contribution in [-0.4, -0.2) is 18.1 Å². The molecule has 4 heteroatoms. The van der Waals surface area contributed by atoms with Gasteiger partial charge in [-0.3, -0.25) is 0 Å². The molecule has 0 atom stereocenters. The summed E-state index contributed by atoms with van der Waals surface area (Å²) in [6.07, 6.45) is 5.23. The fourth-order valence-electron chi connectivity index (χ4n) is 1.50. The first-order valence-corrected chi connectivity index (χ1v) is 5.59. The summed E-state index contributed by atoms with van der Waals surface area (Å²) < 4.78 is 10.8. The molecule has 0 amide bonds. The van der Waals surface area contributed by atoms with Crippen molar-refractivity contribution >= 4 is 0 Å². The van der Waals surface area contributed by atoms with Gasteiger partial charge in [0.05, 0.1) is 12.5 Å². The van der Waals surface area contributed by atoms with Crippen LogP contribution in [0.2, 0.25) is 0 Å². The minimum absolute atomic E-state index is 0.698. The Morgan fingerprint density at radius 2 is 2.31 bits per heavy atom. The summed E-state index contributed by atoms with van der Waals surface area (Å²) in [6, 6.07) is 3.70. The molecule has 0 aromatic carbocycles. The third kappa shape index (κ3) is 2.73. The number of hydrogen-bond acceptors (Lipinski definition) is 4. The molecule has 86 valence electrons. The van der Waals surface area contributed by atoms with Gasteiger partial charge in [-0.05, 0) is 31.6 Å². The van der Waals surface area contributed by atoms with E-state index in [9.17, 15) is 0 Å². The Balaban J connectivity index is 1.88. The molecule has 2 aromatic rings. The molecule has 0 aliphatic heterocycles. The quantitative estimate of drug-likeness (QED) is 0.760. The van der Waals surface area contributed by atoms with Crippen LogP contribution >= 0.6 is 0 Å². The van der Waals surface area contributed by atoms with E-state index in [-0.39, 0.29) is 0 Å². The van der Waals surface area contributed by atoms with Gasteiger partial charge in [0.2, 0.25) is 0 Å². The number of nitrogens with one attached hydrogen (secondary N) is 1. The van der Waals surface area contributed by atoms with E-state index in [0.29, 0.717) is 5.76 Å². The second-order valence-corrected chi connectivity index (χ2v) is 3.55. The Labute approximate surface area is 94.7 Å². The minimum Gasteiger partial charge on any atom is -0.461 e. The zero-order chi connectivity index (χ0) is 11.2. The first-order chi connectivity index (χ1) is 7.90. The summed E-state index contributed by atoms with van der Waals surface area (Å²) in [6.45, 7) is 4.10. The highest BCUT2D eigenvalue weighted by Gasteiger charge is 2.07.